The summed E-state index contributed by atoms with van der Waals surface area (Å²) in [4.78, 5) is 33.2. The molecule has 0 radical (unpaired) electrons. The van der Waals surface area contributed by atoms with Gasteiger partial charge in [-0.15, -0.1) is 0 Å². The molecule has 0 aliphatic rings. The molecule has 1 aromatic rings. The standard InChI is InChI=1S/C12H12N2O5S/c1-7(15)19-9-5-3-2-4-8(9)11(18)14-12(20)13-6-10(16)17/h2-5H,6H2,1H3,(H,16,17)(H2,13,14,18,20). The Labute approximate surface area is 119 Å². The molecule has 7 nitrogen and oxygen atoms in total. The fourth-order valence-electron chi connectivity index (χ4n) is 1.27. The fraction of sp³-hybridized carbons (Fsp3) is 0.167. The van der Waals surface area contributed by atoms with Crippen LogP contribution in [0.2, 0.25) is 0 Å². The average Bonchev–Trinajstić information content (AvgIpc) is 2.36. The first kappa shape index (κ1) is 15.6. The number of benzene rings is 1. The molecule has 0 bridgehead atoms. The van der Waals surface area contributed by atoms with Crippen LogP contribution < -0.4 is 15.4 Å². The number of aliphatic carboxylic acids is 1. The minimum absolute atomic E-state index is 0.0959. The van der Waals surface area contributed by atoms with Crippen LogP contribution in [0, 0.1) is 0 Å². The lowest BCUT2D eigenvalue weighted by Gasteiger charge is -2.10. The Bertz CT molecular complexity index is 559. The molecule has 0 saturated carbocycles. The monoisotopic (exact) mass is 296 g/mol. The average molecular weight is 296 g/mol. The zero-order valence-corrected chi connectivity index (χ0v) is 11.3. The number of amides is 1. The van der Waals surface area contributed by atoms with E-state index in [1.165, 1.54) is 19.1 Å². The number of ether oxygens (including phenoxy) is 1. The molecule has 3 N–H and O–H groups in total. The molecule has 1 amide bonds. The Hall–Kier alpha value is -2.48. The SMILES string of the molecule is CC(=O)Oc1ccccc1C(=O)NC(=S)NCC(=O)O. The van der Waals surface area contributed by atoms with Crippen molar-refractivity contribution in [1.82, 2.24) is 10.6 Å². The maximum absolute atomic E-state index is 11.9. The molecule has 1 aromatic carbocycles. The van der Waals surface area contributed by atoms with Crippen LogP contribution >= 0.6 is 12.2 Å². The van der Waals surface area contributed by atoms with Gasteiger partial charge in [-0.25, -0.2) is 0 Å². The summed E-state index contributed by atoms with van der Waals surface area (Å²) in [5.41, 5.74) is 0.113. The molecule has 0 aromatic heterocycles. The first-order valence-corrected chi connectivity index (χ1v) is 5.89. The lowest BCUT2D eigenvalue weighted by atomic mass is 10.2. The maximum atomic E-state index is 11.9. The summed E-state index contributed by atoms with van der Waals surface area (Å²) < 4.78 is 4.89. The summed E-state index contributed by atoms with van der Waals surface area (Å²) >= 11 is 4.77. The number of nitrogens with one attached hydrogen (secondary N) is 2. The summed E-state index contributed by atoms with van der Waals surface area (Å²) in [7, 11) is 0. The van der Waals surface area contributed by atoms with Gasteiger partial charge in [0.05, 0.1) is 5.56 Å². The van der Waals surface area contributed by atoms with Crippen molar-refractivity contribution >= 4 is 35.2 Å². The zero-order valence-electron chi connectivity index (χ0n) is 10.5. The number of esters is 1. The first-order chi connectivity index (χ1) is 9.40. The van der Waals surface area contributed by atoms with Crippen LogP contribution in [0.5, 0.6) is 5.75 Å². The maximum Gasteiger partial charge on any atom is 0.322 e. The third-order valence-corrected chi connectivity index (χ3v) is 2.26. The Kier molecular flexibility index (Phi) is 5.60. The van der Waals surface area contributed by atoms with Crippen molar-refractivity contribution in [3.8, 4) is 5.75 Å². The molecular formula is C12H12N2O5S. The second kappa shape index (κ2) is 7.19. The number of carboxylic acid groups (broad SMARTS) is 1. The van der Waals surface area contributed by atoms with Crippen LogP contribution in [0.3, 0.4) is 0 Å². The van der Waals surface area contributed by atoms with Crippen LogP contribution in [0.15, 0.2) is 24.3 Å². The number of rotatable bonds is 4. The van der Waals surface area contributed by atoms with Gasteiger partial charge in [0, 0.05) is 6.92 Å². The molecule has 0 spiro atoms. The molecular weight excluding hydrogens is 284 g/mol. The summed E-state index contributed by atoms with van der Waals surface area (Å²) in [6, 6.07) is 6.11. The van der Waals surface area contributed by atoms with Gasteiger partial charge in [-0.3, -0.25) is 19.7 Å². The van der Waals surface area contributed by atoms with Crippen LogP contribution in [0.4, 0.5) is 0 Å². The van der Waals surface area contributed by atoms with E-state index in [-0.39, 0.29) is 16.4 Å². The summed E-state index contributed by atoms with van der Waals surface area (Å²) in [5, 5.41) is 13.0. The molecule has 0 saturated heterocycles. The normalized spacial score (nSPS) is 9.45. The smallest absolute Gasteiger partial charge is 0.322 e. The largest absolute Gasteiger partial charge is 0.480 e. The van der Waals surface area contributed by atoms with Gasteiger partial charge in [0.15, 0.2) is 5.11 Å². The molecule has 0 aliphatic carbocycles. The van der Waals surface area contributed by atoms with Gasteiger partial charge in [-0.1, -0.05) is 12.1 Å². The molecule has 20 heavy (non-hydrogen) atoms. The second-order valence-corrected chi connectivity index (χ2v) is 4.03. The summed E-state index contributed by atoms with van der Waals surface area (Å²) in [6.45, 7) is 0.804. The van der Waals surface area contributed by atoms with E-state index < -0.39 is 24.4 Å². The van der Waals surface area contributed by atoms with E-state index in [1.54, 1.807) is 12.1 Å². The molecule has 8 heteroatoms. The molecule has 0 unspecified atom stereocenters. The van der Waals surface area contributed by atoms with Gasteiger partial charge in [-0.2, -0.15) is 0 Å². The van der Waals surface area contributed by atoms with E-state index >= 15 is 0 Å². The number of hydrogen-bond donors (Lipinski definition) is 3. The van der Waals surface area contributed by atoms with E-state index in [1.807, 2.05) is 0 Å². The number of carboxylic acids is 1. The van der Waals surface area contributed by atoms with E-state index in [4.69, 9.17) is 22.1 Å². The minimum Gasteiger partial charge on any atom is -0.480 e. The third kappa shape index (κ3) is 5.02. The highest BCUT2D eigenvalue weighted by atomic mass is 32.1. The number of hydrogen-bond acceptors (Lipinski definition) is 5. The topological polar surface area (TPSA) is 105 Å². The van der Waals surface area contributed by atoms with Crippen molar-refractivity contribution in [2.75, 3.05) is 6.54 Å². The Morgan fingerprint density at radius 2 is 1.95 bits per heavy atom. The van der Waals surface area contributed by atoms with Crippen LogP contribution in [0.25, 0.3) is 0 Å². The van der Waals surface area contributed by atoms with Crippen LogP contribution in [-0.2, 0) is 9.59 Å². The summed E-state index contributed by atoms with van der Waals surface area (Å²) in [6.07, 6.45) is 0. The third-order valence-electron chi connectivity index (χ3n) is 2.01. The lowest BCUT2D eigenvalue weighted by Crippen LogP contribution is -2.41. The number of para-hydroxylation sites is 1. The quantitative estimate of drug-likeness (QED) is 0.417. The van der Waals surface area contributed by atoms with E-state index in [0.717, 1.165) is 0 Å². The molecule has 0 fully saturated rings. The highest BCUT2D eigenvalue weighted by Crippen LogP contribution is 2.17. The van der Waals surface area contributed by atoms with Crippen molar-refractivity contribution in [3.63, 3.8) is 0 Å². The predicted octanol–water partition coefficient (Wildman–Crippen LogP) is 0.301. The number of thiocarbonyl (C=S) groups is 1. The van der Waals surface area contributed by atoms with Crippen molar-refractivity contribution in [3.05, 3.63) is 29.8 Å². The highest BCUT2D eigenvalue weighted by molar-refractivity contribution is 7.80. The lowest BCUT2D eigenvalue weighted by molar-refractivity contribution is -0.135. The molecule has 0 atom stereocenters. The first-order valence-electron chi connectivity index (χ1n) is 5.48. The predicted molar refractivity (Wildman–Crippen MR) is 73.5 cm³/mol. The van der Waals surface area contributed by atoms with E-state index in [0.29, 0.717) is 0 Å². The Balaban J connectivity index is 2.74. The van der Waals surface area contributed by atoms with Crippen LogP contribution in [-0.4, -0.2) is 34.6 Å². The van der Waals surface area contributed by atoms with Crippen molar-refractivity contribution in [2.45, 2.75) is 6.92 Å². The highest BCUT2D eigenvalue weighted by Gasteiger charge is 2.14. The Morgan fingerprint density at radius 1 is 1.30 bits per heavy atom. The van der Waals surface area contributed by atoms with Gasteiger partial charge in [-0.05, 0) is 24.4 Å². The second-order valence-electron chi connectivity index (χ2n) is 3.62. The van der Waals surface area contributed by atoms with Gasteiger partial charge in [0.2, 0.25) is 0 Å². The van der Waals surface area contributed by atoms with Gasteiger partial charge >= 0.3 is 11.9 Å². The van der Waals surface area contributed by atoms with Gasteiger partial charge < -0.3 is 15.2 Å². The van der Waals surface area contributed by atoms with Crippen molar-refractivity contribution in [1.29, 1.82) is 0 Å². The van der Waals surface area contributed by atoms with Gasteiger partial charge in [0.25, 0.3) is 5.91 Å². The van der Waals surface area contributed by atoms with Crippen LogP contribution in [0.1, 0.15) is 17.3 Å². The van der Waals surface area contributed by atoms with Crippen molar-refractivity contribution < 1.29 is 24.2 Å². The summed E-state index contributed by atoms with van der Waals surface area (Å²) in [5.74, 6) is -2.18. The fourth-order valence-corrected chi connectivity index (χ4v) is 1.43. The minimum atomic E-state index is -1.11. The number of carbonyl (C=O) groups is 3. The molecule has 106 valence electrons. The van der Waals surface area contributed by atoms with Gasteiger partial charge in [0.1, 0.15) is 12.3 Å². The Morgan fingerprint density at radius 3 is 2.55 bits per heavy atom. The zero-order chi connectivity index (χ0) is 15.1. The van der Waals surface area contributed by atoms with E-state index in [9.17, 15) is 14.4 Å². The van der Waals surface area contributed by atoms with E-state index in [2.05, 4.69) is 10.6 Å². The van der Waals surface area contributed by atoms with Crippen molar-refractivity contribution in [2.24, 2.45) is 0 Å². The molecule has 0 heterocycles. The molecule has 1 rings (SSSR count). The molecule has 0 aliphatic heterocycles. The number of carbonyl (C=O) groups excluding carboxylic acids is 2.